The van der Waals surface area contributed by atoms with E-state index in [0.717, 1.165) is 24.0 Å². The predicted octanol–water partition coefficient (Wildman–Crippen LogP) is 6.10. The van der Waals surface area contributed by atoms with Crippen LogP contribution in [0.4, 0.5) is 11.4 Å². The van der Waals surface area contributed by atoms with Gasteiger partial charge in [-0.2, -0.15) is 0 Å². The average Bonchev–Trinajstić information content (AvgIpc) is 2.60. The van der Waals surface area contributed by atoms with Crippen LogP contribution in [0.2, 0.25) is 0 Å². The van der Waals surface area contributed by atoms with E-state index in [2.05, 4.69) is 59.0 Å². The summed E-state index contributed by atoms with van der Waals surface area (Å²) in [5.74, 6) is 0.336. The molecule has 1 amide bonds. The van der Waals surface area contributed by atoms with Gasteiger partial charge in [0.2, 0.25) is 0 Å². The predicted molar refractivity (Wildman–Crippen MR) is 125 cm³/mol. The Bertz CT molecular complexity index is 953. The molecular weight excluding hydrogens is 392 g/mol. The van der Waals surface area contributed by atoms with Crippen LogP contribution in [0.15, 0.2) is 36.4 Å². The lowest BCUT2D eigenvalue weighted by Crippen LogP contribution is -2.21. The first kappa shape index (κ1) is 24.4. The summed E-state index contributed by atoms with van der Waals surface area (Å²) in [6.45, 7) is 14.8. The third kappa shape index (κ3) is 8.04. The zero-order valence-electron chi connectivity index (χ0n) is 19.7. The van der Waals surface area contributed by atoms with Crippen LogP contribution in [0.25, 0.3) is 0 Å². The van der Waals surface area contributed by atoms with Gasteiger partial charge in [0.25, 0.3) is 11.6 Å². The number of nitrogens with one attached hydrogen (secondary N) is 1. The number of anilines is 1. The molecule has 0 spiro atoms. The SMILES string of the molecule is Cc1ccc([N+](=O)[O-])cc1NC(=O)COc1ccc(CC(C)(C)C)cc1CC(C)(C)C. The smallest absolute Gasteiger partial charge is 0.271 e. The van der Waals surface area contributed by atoms with Crippen molar-refractivity contribution < 1.29 is 14.5 Å². The van der Waals surface area contributed by atoms with Crippen LogP contribution in [-0.4, -0.2) is 17.4 Å². The molecule has 2 aromatic carbocycles. The van der Waals surface area contributed by atoms with Gasteiger partial charge >= 0.3 is 0 Å². The van der Waals surface area contributed by atoms with Crippen LogP contribution in [0, 0.1) is 27.9 Å². The molecule has 0 saturated carbocycles. The highest BCUT2D eigenvalue weighted by Crippen LogP contribution is 2.31. The van der Waals surface area contributed by atoms with Gasteiger partial charge in [-0.25, -0.2) is 0 Å². The average molecular weight is 427 g/mol. The van der Waals surface area contributed by atoms with Gasteiger partial charge in [0.1, 0.15) is 5.75 Å². The Morgan fingerprint density at radius 3 is 2.23 bits per heavy atom. The molecule has 6 heteroatoms. The Kier molecular flexibility index (Phi) is 7.47. The van der Waals surface area contributed by atoms with Gasteiger partial charge in [-0.3, -0.25) is 14.9 Å². The van der Waals surface area contributed by atoms with Gasteiger partial charge in [-0.05, 0) is 53.4 Å². The molecule has 0 fully saturated rings. The zero-order valence-corrected chi connectivity index (χ0v) is 19.7. The molecule has 0 heterocycles. The lowest BCUT2D eigenvalue weighted by molar-refractivity contribution is -0.384. The summed E-state index contributed by atoms with van der Waals surface area (Å²) in [7, 11) is 0. The fourth-order valence-corrected chi connectivity index (χ4v) is 3.39. The van der Waals surface area contributed by atoms with Crippen LogP contribution in [0.3, 0.4) is 0 Å². The topological polar surface area (TPSA) is 81.5 Å². The van der Waals surface area contributed by atoms with Crippen LogP contribution < -0.4 is 10.1 Å². The lowest BCUT2D eigenvalue weighted by atomic mass is 9.84. The van der Waals surface area contributed by atoms with Gasteiger partial charge in [0.15, 0.2) is 6.61 Å². The molecule has 0 bridgehead atoms. The van der Waals surface area contributed by atoms with E-state index in [9.17, 15) is 14.9 Å². The standard InChI is InChI=1S/C25H34N2O4/c1-17-8-10-20(27(29)30)13-21(17)26-23(28)16-31-22-11-9-18(14-24(2,3)4)12-19(22)15-25(5,6)7/h8-13H,14-16H2,1-7H3,(H,26,28). The molecule has 0 radical (unpaired) electrons. The Hall–Kier alpha value is -2.89. The molecule has 2 aromatic rings. The van der Waals surface area contributed by atoms with Gasteiger partial charge < -0.3 is 10.1 Å². The first-order valence-corrected chi connectivity index (χ1v) is 10.5. The summed E-state index contributed by atoms with van der Waals surface area (Å²) in [4.78, 5) is 23.0. The van der Waals surface area contributed by atoms with Gasteiger partial charge in [-0.1, -0.05) is 59.7 Å². The normalized spacial score (nSPS) is 11.8. The number of rotatable bonds is 7. The van der Waals surface area contributed by atoms with Gasteiger partial charge in [0.05, 0.1) is 10.6 Å². The first-order chi connectivity index (χ1) is 14.2. The minimum Gasteiger partial charge on any atom is -0.483 e. The number of nitro groups is 1. The number of nitro benzene ring substituents is 1. The fourth-order valence-electron chi connectivity index (χ4n) is 3.39. The highest BCUT2D eigenvalue weighted by molar-refractivity contribution is 5.93. The highest BCUT2D eigenvalue weighted by atomic mass is 16.6. The Balaban J connectivity index is 2.15. The number of ether oxygens (including phenoxy) is 1. The molecule has 0 aliphatic heterocycles. The van der Waals surface area contributed by atoms with Crippen LogP contribution >= 0.6 is 0 Å². The zero-order chi connectivity index (χ0) is 23.4. The Morgan fingerprint density at radius 1 is 1.00 bits per heavy atom. The monoisotopic (exact) mass is 426 g/mol. The van der Waals surface area contributed by atoms with Crippen molar-refractivity contribution in [3.63, 3.8) is 0 Å². The number of non-ortho nitro benzene ring substituents is 1. The van der Waals surface area contributed by atoms with E-state index >= 15 is 0 Å². The molecule has 0 aliphatic rings. The van der Waals surface area contributed by atoms with Crippen LogP contribution in [-0.2, 0) is 17.6 Å². The van der Waals surface area contributed by atoms with Crippen LogP contribution in [0.5, 0.6) is 5.75 Å². The minimum absolute atomic E-state index is 0.0660. The highest BCUT2D eigenvalue weighted by Gasteiger charge is 2.19. The maximum Gasteiger partial charge on any atom is 0.271 e. The lowest BCUT2D eigenvalue weighted by Gasteiger charge is -2.23. The van der Waals surface area contributed by atoms with Crippen molar-refractivity contribution in [2.24, 2.45) is 10.8 Å². The summed E-state index contributed by atoms with van der Waals surface area (Å²) in [5.41, 5.74) is 3.67. The minimum atomic E-state index is -0.483. The summed E-state index contributed by atoms with van der Waals surface area (Å²) in [5, 5.41) is 13.7. The number of hydrogen-bond donors (Lipinski definition) is 1. The summed E-state index contributed by atoms with van der Waals surface area (Å²) < 4.78 is 5.87. The molecular formula is C25H34N2O4. The molecule has 0 saturated heterocycles. The first-order valence-electron chi connectivity index (χ1n) is 10.5. The molecule has 2 rings (SSSR count). The molecule has 0 aliphatic carbocycles. The fraction of sp³-hybridized carbons (Fsp3) is 0.480. The maximum atomic E-state index is 12.5. The van der Waals surface area contributed by atoms with E-state index in [1.54, 1.807) is 13.0 Å². The van der Waals surface area contributed by atoms with E-state index in [4.69, 9.17) is 4.74 Å². The Morgan fingerprint density at radius 2 is 1.65 bits per heavy atom. The van der Waals surface area contributed by atoms with Crippen LogP contribution in [0.1, 0.15) is 58.2 Å². The number of benzene rings is 2. The molecule has 1 N–H and O–H groups in total. The van der Waals surface area contributed by atoms with Crippen molar-refractivity contribution in [3.05, 3.63) is 63.2 Å². The second-order valence-corrected chi connectivity index (χ2v) is 10.5. The molecule has 6 nitrogen and oxygen atoms in total. The summed E-state index contributed by atoms with van der Waals surface area (Å²) >= 11 is 0. The number of hydrogen-bond acceptors (Lipinski definition) is 4. The van der Waals surface area contributed by atoms with Gasteiger partial charge in [0, 0.05) is 12.1 Å². The largest absolute Gasteiger partial charge is 0.483 e. The second kappa shape index (κ2) is 9.50. The number of carbonyl (C=O) groups is 1. The molecule has 0 aromatic heterocycles. The summed E-state index contributed by atoms with van der Waals surface area (Å²) in [6.07, 6.45) is 1.78. The van der Waals surface area contributed by atoms with E-state index in [-0.39, 0.29) is 29.0 Å². The van der Waals surface area contributed by atoms with E-state index in [0.29, 0.717) is 11.4 Å². The van der Waals surface area contributed by atoms with E-state index in [1.165, 1.54) is 17.7 Å². The molecule has 168 valence electrons. The van der Waals surface area contributed by atoms with Gasteiger partial charge in [-0.15, -0.1) is 0 Å². The number of nitrogens with zero attached hydrogens (tertiary/aromatic N) is 1. The Labute approximate surface area is 185 Å². The van der Waals surface area contributed by atoms with E-state index in [1.807, 2.05) is 6.07 Å². The molecule has 0 unspecified atom stereocenters. The van der Waals surface area contributed by atoms with Crippen molar-refractivity contribution in [1.29, 1.82) is 0 Å². The number of carbonyl (C=O) groups excluding carboxylic acids is 1. The van der Waals surface area contributed by atoms with E-state index < -0.39 is 4.92 Å². The van der Waals surface area contributed by atoms with Crippen molar-refractivity contribution in [2.45, 2.75) is 61.3 Å². The van der Waals surface area contributed by atoms with Crippen molar-refractivity contribution in [2.75, 3.05) is 11.9 Å². The number of amides is 1. The maximum absolute atomic E-state index is 12.5. The second-order valence-electron chi connectivity index (χ2n) is 10.5. The third-order valence-electron chi connectivity index (χ3n) is 4.64. The van der Waals surface area contributed by atoms with Crippen molar-refractivity contribution in [3.8, 4) is 5.75 Å². The number of aryl methyl sites for hydroxylation is 1. The molecule has 31 heavy (non-hydrogen) atoms. The summed E-state index contributed by atoms with van der Waals surface area (Å²) in [6, 6.07) is 10.6. The van der Waals surface area contributed by atoms with Crippen molar-refractivity contribution in [1.82, 2.24) is 0 Å². The molecule has 0 atom stereocenters. The third-order valence-corrected chi connectivity index (χ3v) is 4.64. The quantitative estimate of drug-likeness (QED) is 0.428. The van der Waals surface area contributed by atoms with Crippen molar-refractivity contribution >= 4 is 17.3 Å².